The summed E-state index contributed by atoms with van der Waals surface area (Å²) in [5.41, 5.74) is 0. The van der Waals surface area contributed by atoms with Crippen molar-refractivity contribution >= 4 is 17.9 Å². The number of carboxylic acids is 1. The normalized spacial score (nSPS) is 12.8. The molecule has 0 heterocycles. The van der Waals surface area contributed by atoms with Crippen molar-refractivity contribution < 1.29 is 42.9 Å². The van der Waals surface area contributed by atoms with Gasteiger partial charge in [0.05, 0.1) is 34.4 Å². The summed E-state index contributed by atoms with van der Waals surface area (Å²) in [6, 6.07) is 0. The number of esters is 2. The van der Waals surface area contributed by atoms with Crippen molar-refractivity contribution in [3.8, 4) is 0 Å². The molecule has 2 atom stereocenters. The maximum absolute atomic E-state index is 13.0. The first-order chi connectivity index (χ1) is 41.6. The SMILES string of the molecule is CCCCCCC/C=C\C/C=C\CCCCCCCCCCCCCCCCCCCCCCCCCCCC(=O)OC(COC(=O)CCCCCCCCCCCCC/C=C\CCCCCCCCCC)COC(OCC[N+](C)(C)C)C(=O)O. The fraction of sp³-hybridized carbons (Fsp3) is 0.882. The molecule has 0 saturated heterocycles. The van der Waals surface area contributed by atoms with E-state index in [0.717, 1.165) is 44.9 Å². The summed E-state index contributed by atoms with van der Waals surface area (Å²) >= 11 is 0. The standard InChI is InChI=1S/C76H143NO8/c1-6-8-10-12-14-16-18-20-22-24-26-28-30-31-32-33-34-35-36-37-38-39-40-41-42-43-45-47-49-51-53-55-57-59-61-63-65-67-74(79)85-72(71-84-76(75(80)81)82-69-68-77(3,4)5)70-83-73(78)66-64-62-60-58-56-54-52-50-48-46-44-29-27-25-23-21-19-17-15-13-11-9-7-2/h18,20,24-27,72,76H,6-17,19,21-23,28-71H2,1-5H3/p+1/b20-18-,26-24-,27-25-. The maximum Gasteiger partial charge on any atom is 0.361 e. The lowest BCUT2D eigenvalue weighted by molar-refractivity contribution is -0.870. The van der Waals surface area contributed by atoms with Crippen LogP contribution in [0.1, 0.15) is 373 Å². The van der Waals surface area contributed by atoms with Gasteiger partial charge in [-0.1, -0.05) is 326 Å². The van der Waals surface area contributed by atoms with Gasteiger partial charge in [-0.3, -0.25) is 9.59 Å². The molecule has 0 amide bonds. The van der Waals surface area contributed by atoms with Crippen LogP contribution >= 0.6 is 0 Å². The Bertz CT molecular complexity index is 1490. The van der Waals surface area contributed by atoms with Crippen molar-refractivity contribution in [2.24, 2.45) is 0 Å². The highest BCUT2D eigenvalue weighted by atomic mass is 16.7. The van der Waals surface area contributed by atoms with E-state index in [1.54, 1.807) is 0 Å². The van der Waals surface area contributed by atoms with E-state index in [0.29, 0.717) is 17.4 Å². The second-order valence-corrected chi connectivity index (χ2v) is 26.6. The van der Waals surface area contributed by atoms with Gasteiger partial charge in [-0.2, -0.15) is 0 Å². The summed E-state index contributed by atoms with van der Waals surface area (Å²) in [4.78, 5) is 37.6. The highest BCUT2D eigenvalue weighted by Gasteiger charge is 2.25. The molecule has 0 aromatic heterocycles. The molecule has 0 fully saturated rings. The van der Waals surface area contributed by atoms with Crippen molar-refractivity contribution in [1.82, 2.24) is 0 Å². The number of quaternary nitrogens is 1. The Hall–Kier alpha value is -2.49. The number of carbonyl (C=O) groups is 3. The number of likely N-dealkylation sites (N-methyl/N-ethyl adjacent to an activating group) is 1. The third kappa shape index (κ3) is 68.9. The molecule has 0 rings (SSSR count). The molecule has 0 aliphatic rings. The average Bonchev–Trinajstić information content (AvgIpc) is 3.48. The number of carboxylic acid groups (broad SMARTS) is 1. The quantitative estimate of drug-likeness (QED) is 0.0211. The number of unbranched alkanes of at least 4 members (excludes halogenated alkanes) is 49. The number of nitrogens with zero attached hydrogens (tertiary/aromatic N) is 1. The van der Waals surface area contributed by atoms with Crippen LogP contribution in [0.25, 0.3) is 0 Å². The lowest BCUT2D eigenvalue weighted by Gasteiger charge is -2.25. The lowest BCUT2D eigenvalue weighted by Crippen LogP contribution is -2.40. The van der Waals surface area contributed by atoms with Crippen molar-refractivity contribution in [1.29, 1.82) is 0 Å². The van der Waals surface area contributed by atoms with Gasteiger partial charge in [-0.25, -0.2) is 4.79 Å². The van der Waals surface area contributed by atoms with Gasteiger partial charge < -0.3 is 28.5 Å². The third-order valence-corrected chi connectivity index (χ3v) is 16.9. The number of allylic oxidation sites excluding steroid dienone is 6. The summed E-state index contributed by atoms with van der Waals surface area (Å²) in [6.45, 7) is 4.93. The summed E-state index contributed by atoms with van der Waals surface area (Å²) in [6.07, 6.45) is 82.8. The number of carbonyl (C=O) groups excluding carboxylic acids is 2. The van der Waals surface area contributed by atoms with E-state index < -0.39 is 18.4 Å². The van der Waals surface area contributed by atoms with Gasteiger partial charge in [0.15, 0.2) is 6.10 Å². The zero-order chi connectivity index (χ0) is 61.9. The number of ether oxygens (including phenoxy) is 4. The van der Waals surface area contributed by atoms with Crippen molar-refractivity contribution in [3.05, 3.63) is 36.5 Å². The molecule has 1 N–H and O–H groups in total. The highest BCUT2D eigenvalue weighted by molar-refractivity contribution is 5.71. The largest absolute Gasteiger partial charge is 0.477 e. The van der Waals surface area contributed by atoms with Gasteiger partial charge >= 0.3 is 17.9 Å². The monoisotopic (exact) mass is 1200 g/mol. The lowest BCUT2D eigenvalue weighted by atomic mass is 10.0. The first kappa shape index (κ1) is 82.5. The van der Waals surface area contributed by atoms with Gasteiger partial charge in [0.25, 0.3) is 6.29 Å². The summed E-state index contributed by atoms with van der Waals surface area (Å²) in [5, 5.41) is 9.75. The van der Waals surface area contributed by atoms with E-state index in [-0.39, 0.29) is 38.2 Å². The van der Waals surface area contributed by atoms with E-state index >= 15 is 0 Å². The molecule has 500 valence electrons. The minimum Gasteiger partial charge on any atom is -0.477 e. The summed E-state index contributed by atoms with van der Waals surface area (Å²) < 4.78 is 23.0. The van der Waals surface area contributed by atoms with Gasteiger partial charge in [0, 0.05) is 12.8 Å². The van der Waals surface area contributed by atoms with E-state index in [4.69, 9.17) is 18.9 Å². The molecular weight excluding hydrogens is 1050 g/mol. The third-order valence-electron chi connectivity index (χ3n) is 16.9. The Morgan fingerprint density at radius 1 is 0.353 bits per heavy atom. The number of rotatable bonds is 70. The van der Waals surface area contributed by atoms with Crippen LogP contribution in [0.4, 0.5) is 0 Å². The van der Waals surface area contributed by atoms with Crippen LogP contribution in [0.15, 0.2) is 36.5 Å². The molecule has 0 radical (unpaired) electrons. The Morgan fingerprint density at radius 3 is 0.941 bits per heavy atom. The van der Waals surface area contributed by atoms with E-state index in [2.05, 4.69) is 50.3 Å². The Balaban J connectivity index is 3.99. The topological polar surface area (TPSA) is 108 Å². The van der Waals surface area contributed by atoms with Crippen LogP contribution < -0.4 is 0 Å². The minimum atomic E-state index is -1.51. The van der Waals surface area contributed by atoms with E-state index in [1.807, 2.05) is 21.1 Å². The fourth-order valence-electron chi connectivity index (χ4n) is 11.2. The van der Waals surface area contributed by atoms with E-state index in [9.17, 15) is 19.5 Å². The van der Waals surface area contributed by atoms with Gasteiger partial charge in [0.2, 0.25) is 0 Å². The molecule has 0 aliphatic carbocycles. The average molecular weight is 1200 g/mol. The molecule has 0 bridgehead atoms. The minimum absolute atomic E-state index is 0.177. The maximum atomic E-state index is 13.0. The second-order valence-electron chi connectivity index (χ2n) is 26.6. The van der Waals surface area contributed by atoms with Gasteiger partial charge in [0.1, 0.15) is 13.2 Å². The van der Waals surface area contributed by atoms with Crippen LogP contribution in [-0.2, 0) is 33.3 Å². The molecule has 0 aromatic carbocycles. The fourth-order valence-corrected chi connectivity index (χ4v) is 11.2. The molecule has 9 heteroatoms. The van der Waals surface area contributed by atoms with Crippen LogP contribution in [-0.4, -0.2) is 87.4 Å². The molecule has 2 unspecified atom stereocenters. The molecule has 0 spiro atoms. The summed E-state index contributed by atoms with van der Waals surface area (Å²) in [5.74, 6) is -1.98. The van der Waals surface area contributed by atoms with Crippen LogP contribution in [0.3, 0.4) is 0 Å². The predicted molar refractivity (Wildman–Crippen MR) is 364 cm³/mol. The second kappa shape index (κ2) is 67.4. The predicted octanol–water partition coefficient (Wildman–Crippen LogP) is 23.1. The van der Waals surface area contributed by atoms with Crippen LogP contribution in [0.2, 0.25) is 0 Å². The Kier molecular flexibility index (Phi) is 65.5. The number of aliphatic carboxylic acids is 1. The molecule has 0 aromatic rings. The smallest absolute Gasteiger partial charge is 0.361 e. The van der Waals surface area contributed by atoms with Gasteiger partial charge in [-0.15, -0.1) is 0 Å². The van der Waals surface area contributed by atoms with Crippen LogP contribution in [0, 0.1) is 0 Å². The van der Waals surface area contributed by atoms with Crippen molar-refractivity contribution in [3.63, 3.8) is 0 Å². The first-order valence-electron chi connectivity index (χ1n) is 37.2. The summed E-state index contributed by atoms with van der Waals surface area (Å²) in [7, 11) is 5.99. The van der Waals surface area contributed by atoms with Crippen molar-refractivity contribution in [2.45, 2.75) is 386 Å². The highest BCUT2D eigenvalue weighted by Crippen LogP contribution is 2.19. The number of hydrogen-bond acceptors (Lipinski definition) is 7. The van der Waals surface area contributed by atoms with Crippen LogP contribution in [0.5, 0.6) is 0 Å². The first-order valence-corrected chi connectivity index (χ1v) is 37.2. The zero-order valence-corrected chi connectivity index (χ0v) is 57.3. The van der Waals surface area contributed by atoms with Gasteiger partial charge in [-0.05, 0) is 70.6 Å². The molecule has 0 saturated carbocycles. The molecule has 0 aliphatic heterocycles. The number of hydrogen-bond donors (Lipinski definition) is 1. The molecule has 85 heavy (non-hydrogen) atoms. The van der Waals surface area contributed by atoms with E-state index in [1.165, 1.54) is 302 Å². The van der Waals surface area contributed by atoms with Crippen molar-refractivity contribution in [2.75, 3.05) is 47.5 Å². The zero-order valence-electron chi connectivity index (χ0n) is 57.3. The molecule has 9 nitrogen and oxygen atoms in total. The molecular formula is C76H144NO8+. The Labute approximate surface area is 528 Å². The Morgan fingerprint density at radius 2 is 0.635 bits per heavy atom.